The number of nitrogens with zero attached hydrogens (tertiary/aromatic N) is 1. The molecular weight excluding hydrogens is 190 g/mol. The summed E-state index contributed by atoms with van der Waals surface area (Å²) in [6.07, 6.45) is 1.61. The second kappa shape index (κ2) is 4.11. The third kappa shape index (κ3) is 1.82. The fourth-order valence-corrected chi connectivity index (χ4v) is 1.49. The van der Waals surface area contributed by atoms with Gasteiger partial charge in [-0.15, -0.1) is 0 Å². The number of aromatic hydroxyl groups is 1. The van der Waals surface area contributed by atoms with Gasteiger partial charge in [0.1, 0.15) is 11.4 Å². The van der Waals surface area contributed by atoms with Gasteiger partial charge in [-0.25, -0.2) is 0 Å². The minimum Gasteiger partial charge on any atom is -0.506 e. The van der Waals surface area contributed by atoms with Gasteiger partial charge in [0.15, 0.2) is 0 Å². The van der Waals surface area contributed by atoms with Crippen molar-refractivity contribution in [1.82, 2.24) is 4.98 Å². The fraction of sp³-hybridized carbons (Fsp3) is 0.0833. The Kier molecular flexibility index (Phi) is 2.65. The van der Waals surface area contributed by atoms with Crippen molar-refractivity contribution in [2.24, 2.45) is 0 Å². The standard InChI is InChI=1S/C12H11NO2/c14-8-9-4-1-2-5-10(9)12-11(15)6-3-7-13-12/h1-7,14-15H,8H2. The maximum Gasteiger partial charge on any atom is 0.141 e. The summed E-state index contributed by atoms with van der Waals surface area (Å²) < 4.78 is 0. The van der Waals surface area contributed by atoms with Gasteiger partial charge in [0.05, 0.1) is 6.61 Å². The predicted octanol–water partition coefficient (Wildman–Crippen LogP) is 1.95. The summed E-state index contributed by atoms with van der Waals surface area (Å²) in [4.78, 5) is 4.10. The highest BCUT2D eigenvalue weighted by Crippen LogP contribution is 2.28. The Morgan fingerprint density at radius 3 is 2.60 bits per heavy atom. The molecule has 0 atom stereocenters. The van der Waals surface area contributed by atoms with Crippen LogP contribution in [0.1, 0.15) is 5.56 Å². The second-order valence-corrected chi connectivity index (χ2v) is 3.19. The first-order valence-electron chi connectivity index (χ1n) is 4.66. The van der Waals surface area contributed by atoms with Crippen LogP contribution in [0.5, 0.6) is 5.75 Å². The highest BCUT2D eigenvalue weighted by molar-refractivity contribution is 5.68. The molecule has 2 N–H and O–H groups in total. The predicted molar refractivity (Wildman–Crippen MR) is 57.3 cm³/mol. The van der Waals surface area contributed by atoms with Gasteiger partial charge >= 0.3 is 0 Å². The number of hydrogen-bond donors (Lipinski definition) is 2. The first-order valence-corrected chi connectivity index (χ1v) is 4.66. The topological polar surface area (TPSA) is 53.4 Å². The Hall–Kier alpha value is -1.87. The molecule has 0 aliphatic heterocycles. The minimum atomic E-state index is -0.0633. The van der Waals surface area contributed by atoms with Gasteiger partial charge in [0, 0.05) is 11.8 Å². The molecule has 1 heterocycles. The van der Waals surface area contributed by atoms with Crippen molar-refractivity contribution >= 4 is 0 Å². The summed E-state index contributed by atoms with van der Waals surface area (Å²) in [6, 6.07) is 10.6. The molecule has 1 aromatic heterocycles. The van der Waals surface area contributed by atoms with Crippen molar-refractivity contribution in [3.8, 4) is 17.0 Å². The Morgan fingerprint density at radius 2 is 1.87 bits per heavy atom. The van der Waals surface area contributed by atoms with Crippen LogP contribution in [-0.4, -0.2) is 15.2 Å². The third-order valence-corrected chi connectivity index (χ3v) is 2.23. The highest BCUT2D eigenvalue weighted by atomic mass is 16.3. The zero-order chi connectivity index (χ0) is 10.7. The zero-order valence-electron chi connectivity index (χ0n) is 8.09. The molecule has 0 bridgehead atoms. The summed E-state index contributed by atoms with van der Waals surface area (Å²) in [6.45, 7) is -0.0633. The van der Waals surface area contributed by atoms with E-state index < -0.39 is 0 Å². The summed E-state index contributed by atoms with van der Waals surface area (Å²) in [5, 5.41) is 18.8. The molecule has 2 rings (SSSR count). The number of aliphatic hydroxyl groups excluding tert-OH is 1. The van der Waals surface area contributed by atoms with E-state index in [2.05, 4.69) is 4.98 Å². The van der Waals surface area contributed by atoms with Crippen LogP contribution in [-0.2, 0) is 6.61 Å². The van der Waals surface area contributed by atoms with Crippen LogP contribution in [0, 0.1) is 0 Å². The second-order valence-electron chi connectivity index (χ2n) is 3.19. The van der Waals surface area contributed by atoms with Gasteiger partial charge in [-0.1, -0.05) is 24.3 Å². The molecule has 1 aromatic carbocycles. The van der Waals surface area contributed by atoms with Gasteiger partial charge < -0.3 is 10.2 Å². The largest absolute Gasteiger partial charge is 0.506 e. The Labute approximate surface area is 87.7 Å². The van der Waals surface area contributed by atoms with Crippen LogP contribution in [0.15, 0.2) is 42.6 Å². The normalized spacial score (nSPS) is 10.2. The van der Waals surface area contributed by atoms with Crippen molar-refractivity contribution < 1.29 is 10.2 Å². The van der Waals surface area contributed by atoms with E-state index in [0.29, 0.717) is 5.69 Å². The van der Waals surface area contributed by atoms with E-state index in [1.807, 2.05) is 24.3 Å². The quantitative estimate of drug-likeness (QED) is 0.780. The number of aliphatic hydroxyl groups is 1. The first-order chi connectivity index (χ1) is 7.33. The highest BCUT2D eigenvalue weighted by Gasteiger charge is 2.08. The van der Waals surface area contributed by atoms with E-state index in [4.69, 9.17) is 5.11 Å². The van der Waals surface area contributed by atoms with Gasteiger partial charge in [-0.05, 0) is 17.7 Å². The van der Waals surface area contributed by atoms with E-state index in [1.54, 1.807) is 18.3 Å². The maximum atomic E-state index is 9.64. The average molecular weight is 201 g/mol. The third-order valence-electron chi connectivity index (χ3n) is 2.23. The molecule has 2 aromatic rings. The summed E-state index contributed by atoms with van der Waals surface area (Å²) >= 11 is 0. The minimum absolute atomic E-state index is 0.0633. The molecule has 0 saturated carbocycles. The van der Waals surface area contributed by atoms with Gasteiger partial charge in [0.2, 0.25) is 0 Å². The van der Waals surface area contributed by atoms with Crippen LogP contribution in [0.4, 0.5) is 0 Å². The van der Waals surface area contributed by atoms with Crippen molar-refractivity contribution in [2.45, 2.75) is 6.61 Å². The zero-order valence-corrected chi connectivity index (χ0v) is 8.09. The van der Waals surface area contributed by atoms with E-state index in [-0.39, 0.29) is 12.4 Å². The molecule has 15 heavy (non-hydrogen) atoms. The smallest absolute Gasteiger partial charge is 0.141 e. The van der Waals surface area contributed by atoms with Crippen LogP contribution in [0.2, 0.25) is 0 Å². The molecule has 0 saturated heterocycles. The maximum absolute atomic E-state index is 9.64. The molecular formula is C12H11NO2. The van der Waals surface area contributed by atoms with E-state index in [1.165, 1.54) is 0 Å². The lowest BCUT2D eigenvalue weighted by atomic mass is 10.0. The van der Waals surface area contributed by atoms with Crippen molar-refractivity contribution in [2.75, 3.05) is 0 Å². The number of benzene rings is 1. The van der Waals surface area contributed by atoms with Gasteiger partial charge in [0.25, 0.3) is 0 Å². The van der Waals surface area contributed by atoms with E-state index >= 15 is 0 Å². The lowest BCUT2D eigenvalue weighted by molar-refractivity contribution is 0.282. The van der Waals surface area contributed by atoms with Gasteiger partial charge in [-0.3, -0.25) is 4.98 Å². The van der Waals surface area contributed by atoms with Crippen LogP contribution in [0.3, 0.4) is 0 Å². The monoisotopic (exact) mass is 201 g/mol. The Balaban J connectivity index is 2.59. The molecule has 0 amide bonds. The SMILES string of the molecule is OCc1ccccc1-c1ncccc1O. The van der Waals surface area contributed by atoms with Crippen LogP contribution in [0.25, 0.3) is 11.3 Å². The summed E-state index contributed by atoms with van der Waals surface area (Å²) in [5.41, 5.74) is 2.02. The lowest BCUT2D eigenvalue weighted by Gasteiger charge is -2.07. The van der Waals surface area contributed by atoms with E-state index in [0.717, 1.165) is 11.1 Å². The van der Waals surface area contributed by atoms with Crippen molar-refractivity contribution in [3.63, 3.8) is 0 Å². The van der Waals surface area contributed by atoms with Crippen molar-refractivity contribution in [3.05, 3.63) is 48.2 Å². The Morgan fingerprint density at radius 1 is 1.07 bits per heavy atom. The number of aromatic nitrogens is 1. The first kappa shape index (κ1) is 9.68. The number of rotatable bonds is 2. The molecule has 0 radical (unpaired) electrons. The van der Waals surface area contributed by atoms with Crippen LogP contribution < -0.4 is 0 Å². The van der Waals surface area contributed by atoms with Gasteiger partial charge in [-0.2, -0.15) is 0 Å². The molecule has 0 spiro atoms. The summed E-state index contributed by atoms with van der Waals surface area (Å²) in [7, 11) is 0. The molecule has 0 aliphatic rings. The molecule has 0 unspecified atom stereocenters. The number of hydrogen-bond acceptors (Lipinski definition) is 3. The van der Waals surface area contributed by atoms with E-state index in [9.17, 15) is 5.11 Å². The molecule has 3 heteroatoms. The number of pyridine rings is 1. The molecule has 3 nitrogen and oxygen atoms in total. The molecule has 76 valence electrons. The average Bonchev–Trinajstić information content (AvgIpc) is 2.30. The van der Waals surface area contributed by atoms with Crippen LogP contribution >= 0.6 is 0 Å². The Bertz CT molecular complexity index is 469. The molecule has 0 aliphatic carbocycles. The lowest BCUT2D eigenvalue weighted by Crippen LogP contribution is -1.91. The fourth-order valence-electron chi connectivity index (χ4n) is 1.49. The van der Waals surface area contributed by atoms with Crippen molar-refractivity contribution in [1.29, 1.82) is 0 Å². The molecule has 0 fully saturated rings. The summed E-state index contributed by atoms with van der Waals surface area (Å²) in [5.74, 6) is 0.124.